The van der Waals surface area contributed by atoms with Crippen molar-refractivity contribution in [2.45, 2.75) is 71.2 Å². The van der Waals surface area contributed by atoms with Gasteiger partial charge < -0.3 is 49.7 Å². The summed E-state index contributed by atoms with van der Waals surface area (Å²) in [7, 11) is 1.36. The molecule has 0 spiro atoms. The zero-order valence-corrected chi connectivity index (χ0v) is 25.1. The number of amides is 2. The number of ether oxygens (including phenoxy) is 4. The molecule has 0 aliphatic carbocycles. The summed E-state index contributed by atoms with van der Waals surface area (Å²) in [5, 5.41) is 36.7. The summed E-state index contributed by atoms with van der Waals surface area (Å²) in [6.45, 7) is 8.63. The second-order valence-electron chi connectivity index (χ2n) is 11.2. The van der Waals surface area contributed by atoms with Crippen LogP contribution in [0.15, 0.2) is 51.2 Å². The molecule has 1 saturated heterocycles. The number of aliphatic hydroxyl groups is 1. The molecule has 1 fully saturated rings. The Morgan fingerprint density at radius 3 is 2.55 bits per heavy atom. The van der Waals surface area contributed by atoms with Crippen molar-refractivity contribution in [2.75, 3.05) is 12.4 Å². The maximum absolute atomic E-state index is 13.3. The first-order valence-electron chi connectivity index (χ1n) is 13.7. The SMILES string of the molecule is COC1[C@@H](OC(N)=O)[C@@H](O)C(Oc2ccc3c([O-])c(NC(=O)c4ccc(O)c(CC=C(C)C)c4)c(=O)oc3c2C)OC1(C)C. The summed E-state index contributed by atoms with van der Waals surface area (Å²) < 4.78 is 27.8. The molecule has 44 heavy (non-hydrogen) atoms. The molecule has 0 saturated carbocycles. The van der Waals surface area contributed by atoms with Crippen LogP contribution in [-0.4, -0.2) is 59.5 Å². The minimum atomic E-state index is -1.53. The normalized spacial score (nSPS) is 21.0. The quantitative estimate of drug-likeness (QED) is 0.215. The number of carbonyl (C=O) groups is 2. The van der Waals surface area contributed by atoms with Crippen LogP contribution in [0.1, 0.15) is 49.2 Å². The third-order valence-corrected chi connectivity index (χ3v) is 7.31. The van der Waals surface area contributed by atoms with Gasteiger partial charge in [0.05, 0.1) is 5.60 Å². The molecule has 0 bridgehead atoms. The number of hydrogen-bond donors (Lipinski definition) is 4. The summed E-state index contributed by atoms with van der Waals surface area (Å²) in [4.78, 5) is 37.4. The highest BCUT2D eigenvalue weighted by Crippen LogP contribution is 2.38. The van der Waals surface area contributed by atoms with Gasteiger partial charge in [0.1, 0.15) is 28.9 Å². The highest BCUT2D eigenvalue weighted by Gasteiger charge is 2.53. The number of anilines is 1. The fraction of sp³-hybridized carbons (Fsp3) is 0.387. The summed E-state index contributed by atoms with van der Waals surface area (Å²) in [6, 6.07) is 6.96. The molecule has 1 aliphatic heterocycles. The molecule has 2 heterocycles. The predicted molar refractivity (Wildman–Crippen MR) is 157 cm³/mol. The van der Waals surface area contributed by atoms with Crippen molar-refractivity contribution in [1.29, 1.82) is 0 Å². The number of nitrogens with two attached hydrogens (primary N) is 1. The van der Waals surface area contributed by atoms with E-state index >= 15 is 0 Å². The number of carbonyl (C=O) groups excluding carboxylic acids is 2. The number of fused-ring (bicyclic) bond motifs is 1. The van der Waals surface area contributed by atoms with E-state index in [0.717, 1.165) is 5.57 Å². The molecule has 5 N–H and O–H groups in total. The smallest absolute Gasteiger partial charge is 0.404 e. The minimum absolute atomic E-state index is 0.00594. The van der Waals surface area contributed by atoms with E-state index < -0.39 is 59.3 Å². The lowest BCUT2D eigenvalue weighted by atomic mass is 9.89. The molecular weight excluding hydrogens is 576 g/mol. The Morgan fingerprint density at radius 1 is 1.20 bits per heavy atom. The summed E-state index contributed by atoms with van der Waals surface area (Å²) in [5.74, 6) is -1.42. The average Bonchev–Trinajstić information content (AvgIpc) is 2.94. The van der Waals surface area contributed by atoms with Crippen molar-refractivity contribution in [3.63, 3.8) is 0 Å². The number of hydrogen-bond acceptors (Lipinski definition) is 11. The van der Waals surface area contributed by atoms with E-state index in [2.05, 4.69) is 5.32 Å². The molecule has 1 aromatic heterocycles. The Bertz CT molecular complexity index is 1670. The Labute approximate surface area is 252 Å². The molecule has 2 unspecified atom stereocenters. The lowest BCUT2D eigenvalue weighted by Crippen LogP contribution is -2.65. The van der Waals surface area contributed by atoms with E-state index in [1.807, 2.05) is 19.9 Å². The minimum Gasteiger partial charge on any atom is -0.870 e. The summed E-state index contributed by atoms with van der Waals surface area (Å²) in [5.41, 5.74) is 4.19. The fourth-order valence-corrected chi connectivity index (χ4v) is 5.05. The number of allylic oxidation sites excluding steroid dienone is 2. The van der Waals surface area contributed by atoms with Crippen molar-refractivity contribution >= 4 is 28.7 Å². The van der Waals surface area contributed by atoms with Gasteiger partial charge in [-0.2, -0.15) is 0 Å². The predicted octanol–water partition coefficient (Wildman–Crippen LogP) is 3.00. The Hall–Kier alpha value is -4.59. The van der Waals surface area contributed by atoms with Gasteiger partial charge in [-0.05, 0) is 76.9 Å². The molecule has 2 amide bonds. The highest BCUT2D eigenvalue weighted by molar-refractivity contribution is 6.06. The van der Waals surface area contributed by atoms with Crippen molar-refractivity contribution in [3.05, 3.63) is 69.1 Å². The number of aryl methyl sites for hydroxylation is 1. The van der Waals surface area contributed by atoms with E-state index in [1.54, 1.807) is 13.8 Å². The number of rotatable bonds is 8. The average molecular weight is 612 g/mol. The van der Waals surface area contributed by atoms with Gasteiger partial charge in [0, 0.05) is 23.6 Å². The van der Waals surface area contributed by atoms with Gasteiger partial charge in [-0.25, -0.2) is 9.59 Å². The van der Waals surface area contributed by atoms with E-state index in [4.69, 9.17) is 29.1 Å². The number of phenols is 1. The highest BCUT2D eigenvalue weighted by atomic mass is 16.7. The lowest BCUT2D eigenvalue weighted by Gasteiger charge is -2.47. The lowest BCUT2D eigenvalue weighted by molar-refractivity contribution is -0.304. The van der Waals surface area contributed by atoms with Crippen LogP contribution in [0.4, 0.5) is 10.5 Å². The summed E-state index contributed by atoms with van der Waals surface area (Å²) >= 11 is 0. The molecule has 13 nitrogen and oxygen atoms in total. The van der Waals surface area contributed by atoms with Crippen LogP contribution in [0.5, 0.6) is 17.2 Å². The number of phenolic OH excluding ortho intramolecular Hbond substituents is 1. The largest absolute Gasteiger partial charge is 0.870 e. The molecule has 4 rings (SSSR count). The molecule has 1 aliphatic rings. The van der Waals surface area contributed by atoms with Crippen LogP contribution >= 0.6 is 0 Å². The van der Waals surface area contributed by atoms with Crippen LogP contribution in [0.25, 0.3) is 11.0 Å². The van der Waals surface area contributed by atoms with Gasteiger partial charge in [0.25, 0.3) is 5.91 Å². The zero-order valence-electron chi connectivity index (χ0n) is 25.1. The molecular formula is C31H35N2O11-. The van der Waals surface area contributed by atoms with Crippen molar-refractivity contribution in [1.82, 2.24) is 0 Å². The third-order valence-electron chi connectivity index (χ3n) is 7.31. The second kappa shape index (κ2) is 12.6. The molecule has 13 heteroatoms. The van der Waals surface area contributed by atoms with Crippen LogP contribution < -0.4 is 26.5 Å². The summed E-state index contributed by atoms with van der Waals surface area (Å²) in [6.07, 6.45) is -3.88. The number of methoxy groups -OCH3 is 1. The molecule has 0 radical (unpaired) electrons. The van der Waals surface area contributed by atoms with Crippen LogP contribution in [0, 0.1) is 6.92 Å². The van der Waals surface area contributed by atoms with Crippen LogP contribution in [0.3, 0.4) is 0 Å². The first-order valence-corrected chi connectivity index (χ1v) is 13.7. The molecule has 3 aromatic rings. The van der Waals surface area contributed by atoms with Gasteiger partial charge in [-0.1, -0.05) is 17.4 Å². The standard InChI is InChI=1S/C31H36N2O11/c1-14(2)7-8-16-13-17(9-11-19(16)34)27(37)33-21-22(35)18-10-12-20(15(3)24(18)42-28(21)38)41-29-23(36)25(43-30(32)39)26(40-6)31(4,5)44-29/h7,9-13,23,25-26,29,34-36H,8H2,1-6H3,(H2,32,39)(H,33,37)/p-1/t23-,25+,26?,29?/m1/s1. The molecule has 4 atom stereocenters. The number of nitrogens with one attached hydrogen (secondary N) is 1. The first kappa shape index (κ1) is 32.3. The second-order valence-corrected chi connectivity index (χ2v) is 11.2. The number of primary amides is 1. The number of aromatic hydroxyl groups is 1. The van der Waals surface area contributed by atoms with E-state index in [1.165, 1.54) is 44.4 Å². The topological polar surface area (TPSA) is 203 Å². The Morgan fingerprint density at radius 2 is 1.91 bits per heavy atom. The molecule has 2 aromatic carbocycles. The Kier molecular flexibility index (Phi) is 9.23. The maximum Gasteiger partial charge on any atom is 0.404 e. The van der Waals surface area contributed by atoms with Gasteiger partial charge in [-0.3, -0.25) is 4.79 Å². The number of aliphatic hydroxyl groups excluding tert-OH is 1. The van der Waals surface area contributed by atoms with Crippen LogP contribution in [-0.2, 0) is 20.6 Å². The van der Waals surface area contributed by atoms with E-state index in [0.29, 0.717) is 12.0 Å². The van der Waals surface area contributed by atoms with Gasteiger partial charge in [0.15, 0.2) is 12.2 Å². The third kappa shape index (κ3) is 6.49. The van der Waals surface area contributed by atoms with Gasteiger partial charge in [-0.15, -0.1) is 0 Å². The van der Waals surface area contributed by atoms with Gasteiger partial charge >= 0.3 is 11.7 Å². The first-order chi connectivity index (χ1) is 20.6. The molecule has 236 valence electrons. The zero-order chi connectivity index (χ0) is 32.5. The van der Waals surface area contributed by atoms with Crippen LogP contribution in [0.2, 0.25) is 0 Å². The fourth-order valence-electron chi connectivity index (χ4n) is 5.05. The number of benzene rings is 2. The monoisotopic (exact) mass is 611 g/mol. The van der Waals surface area contributed by atoms with E-state index in [9.17, 15) is 29.7 Å². The maximum atomic E-state index is 13.3. The van der Waals surface area contributed by atoms with E-state index in [-0.39, 0.29) is 33.6 Å². The van der Waals surface area contributed by atoms with Crippen molar-refractivity contribution in [2.24, 2.45) is 5.73 Å². The van der Waals surface area contributed by atoms with Crippen molar-refractivity contribution in [3.8, 4) is 17.2 Å². The van der Waals surface area contributed by atoms with Gasteiger partial charge in [0.2, 0.25) is 6.29 Å². The van der Waals surface area contributed by atoms with Crippen molar-refractivity contribution < 1.29 is 48.3 Å². The Balaban J connectivity index is 1.63.